The van der Waals surface area contributed by atoms with Crippen molar-refractivity contribution in [2.75, 3.05) is 25.4 Å². The molecule has 10 unspecified atom stereocenters. The van der Waals surface area contributed by atoms with Crippen LogP contribution in [-0.4, -0.2) is 60.5 Å². The summed E-state index contributed by atoms with van der Waals surface area (Å²) in [5, 5.41) is 24.2. The fourth-order valence-corrected chi connectivity index (χ4v) is 15.7. The standard InChI is InChI=1S/C43H64N2O5S/c1-28(2)31-16-21-43(27-44-36(46)26-45-24-8-9-25-51(45,49)50)23-22-41(6)33(37(31)43)14-15-35-40(5)19-17-32(29-10-12-30(13-11-29)38(47)48)39(3,4)34(40)18-20-42(35,41)7/h10-13,17,31,33-37,44,46H,1,8-9,14-16,18-27H2,2-7H3,(H,47,48). The molecular weight excluding hydrogens is 657 g/mol. The van der Waals surface area contributed by atoms with Gasteiger partial charge in [0.05, 0.1) is 17.9 Å². The lowest BCUT2D eigenvalue weighted by Gasteiger charge is -2.72. The highest BCUT2D eigenvalue weighted by molar-refractivity contribution is 7.89. The number of sulfonamides is 1. The van der Waals surface area contributed by atoms with Gasteiger partial charge in [-0.2, -0.15) is 4.31 Å². The maximum absolute atomic E-state index is 12.7. The summed E-state index contributed by atoms with van der Waals surface area (Å²) < 4.78 is 26.8. The highest BCUT2D eigenvalue weighted by Gasteiger charge is 2.70. The normalized spacial score (nSPS) is 42.0. The molecule has 3 N–H and O–H groups in total. The monoisotopic (exact) mass is 720 g/mol. The summed E-state index contributed by atoms with van der Waals surface area (Å²) in [5.41, 5.74) is 4.84. The van der Waals surface area contributed by atoms with Crippen LogP contribution < -0.4 is 5.32 Å². The topological polar surface area (TPSA) is 107 Å². The molecule has 0 amide bonds. The van der Waals surface area contributed by atoms with Crippen molar-refractivity contribution in [2.45, 2.75) is 118 Å². The molecule has 1 heterocycles. The van der Waals surface area contributed by atoms with Gasteiger partial charge in [-0.15, -0.1) is 0 Å². The Bertz CT molecular complexity index is 1690. The molecule has 0 radical (unpaired) electrons. The van der Waals surface area contributed by atoms with Gasteiger partial charge in [-0.25, -0.2) is 13.2 Å². The average molecular weight is 721 g/mol. The Morgan fingerprint density at radius 1 is 0.961 bits per heavy atom. The third-order valence-corrected chi connectivity index (χ3v) is 18.7. The van der Waals surface area contributed by atoms with Crippen LogP contribution in [0, 0.1) is 56.7 Å². The van der Waals surface area contributed by atoms with Crippen LogP contribution in [0.2, 0.25) is 0 Å². The van der Waals surface area contributed by atoms with Gasteiger partial charge in [-0.1, -0.05) is 65.0 Å². The number of nitrogens with one attached hydrogen (secondary N) is 1. The number of hydrogen-bond donors (Lipinski definition) is 3. The van der Waals surface area contributed by atoms with E-state index in [4.69, 9.17) is 0 Å². The molecule has 1 aromatic carbocycles. The van der Waals surface area contributed by atoms with Gasteiger partial charge < -0.3 is 10.2 Å². The molecule has 7 rings (SSSR count). The van der Waals surface area contributed by atoms with Crippen LogP contribution in [0.5, 0.6) is 0 Å². The highest BCUT2D eigenvalue weighted by Crippen LogP contribution is 2.77. The molecule has 1 aromatic rings. The first-order valence-corrected chi connectivity index (χ1v) is 21.6. The van der Waals surface area contributed by atoms with Crippen LogP contribution in [0.15, 0.2) is 42.5 Å². The highest BCUT2D eigenvalue weighted by atomic mass is 32.2. The molecule has 0 spiro atoms. The summed E-state index contributed by atoms with van der Waals surface area (Å²) in [4.78, 5) is 11.6. The Kier molecular flexibility index (Phi) is 9.37. The molecule has 51 heavy (non-hydrogen) atoms. The minimum atomic E-state index is -3.29. The SMILES string of the molecule is C=C(C)C1CCC2(CNC(O)CN3CCCCS3(=O)=O)CCC3(C)C(CCC4C5(C)CC=C(c6ccc(C(=O)O)cc6)C(C)(C)C5CCC43C)C12. The largest absolute Gasteiger partial charge is 0.478 e. The molecular formula is C43H64N2O5S. The average Bonchev–Trinajstić information content (AvgIpc) is 3.45. The number of rotatable bonds is 8. The smallest absolute Gasteiger partial charge is 0.335 e. The zero-order valence-corrected chi connectivity index (χ0v) is 33.0. The van der Waals surface area contributed by atoms with E-state index in [-0.39, 0.29) is 39.4 Å². The Hall–Kier alpha value is -2.00. The van der Waals surface area contributed by atoms with Crippen molar-refractivity contribution in [3.05, 3.63) is 53.6 Å². The van der Waals surface area contributed by atoms with E-state index < -0.39 is 22.2 Å². The number of allylic oxidation sites excluding steroid dienone is 3. The van der Waals surface area contributed by atoms with Crippen molar-refractivity contribution in [2.24, 2.45) is 56.7 Å². The molecule has 0 aromatic heterocycles. The number of nitrogens with zero attached hydrogens (tertiary/aromatic N) is 1. The van der Waals surface area contributed by atoms with Gasteiger partial charge in [-0.3, -0.25) is 5.32 Å². The molecule has 5 aliphatic carbocycles. The van der Waals surface area contributed by atoms with Crippen LogP contribution in [-0.2, 0) is 10.0 Å². The summed E-state index contributed by atoms with van der Waals surface area (Å²) >= 11 is 0. The van der Waals surface area contributed by atoms with Gasteiger partial charge in [0.2, 0.25) is 10.0 Å². The maximum Gasteiger partial charge on any atom is 0.335 e. The first-order valence-electron chi connectivity index (χ1n) is 20.0. The number of aromatic carboxylic acids is 1. The predicted molar refractivity (Wildman–Crippen MR) is 204 cm³/mol. The van der Waals surface area contributed by atoms with Gasteiger partial charge in [0.1, 0.15) is 6.23 Å². The van der Waals surface area contributed by atoms with E-state index in [0.717, 1.165) is 44.2 Å². The molecule has 0 bridgehead atoms. The van der Waals surface area contributed by atoms with E-state index in [0.29, 0.717) is 48.1 Å². The number of carboxylic acids is 1. The van der Waals surface area contributed by atoms with E-state index in [1.54, 1.807) is 12.1 Å². The van der Waals surface area contributed by atoms with Crippen molar-refractivity contribution in [1.29, 1.82) is 0 Å². The first-order chi connectivity index (χ1) is 23.9. The fourth-order valence-electron chi connectivity index (χ4n) is 14.1. The molecule has 1 aliphatic heterocycles. The van der Waals surface area contributed by atoms with Crippen LogP contribution in [0.4, 0.5) is 0 Å². The van der Waals surface area contributed by atoms with Gasteiger partial charge in [0.25, 0.3) is 0 Å². The third kappa shape index (κ3) is 5.74. The molecule has 4 saturated carbocycles. The molecule has 7 nitrogen and oxygen atoms in total. The van der Waals surface area contributed by atoms with E-state index >= 15 is 0 Å². The van der Waals surface area contributed by atoms with Gasteiger partial charge in [0.15, 0.2) is 0 Å². The zero-order chi connectivity index (χ0) is 36.8. The minimum absolute atomic E-state index is 0.0188. The Morgan fingerprint density at radius 3 is 2.35 bits per heavy atom. The van der Waals surface area contributed by atoms with Gasteiger partial charge >= 0.3 is 5.97 Å². The first kappa shape index (κ1) is 37.3. The third-order valence-electron chi connectivity index (χ3n) is 16.8. The number of benzene rings is 1. The van der Waals surface area contributed by atoms with Crippen LogP contribution in [0.25, 0.3) is 5.57 Å². The van der Waals surface area contributed by atoms with E-state index in [1.165, 1.54) is 47.6 Å². The molecule has 10 atom stereocenters. The number of hydrogen-bond acceptors (Lipinski definition) is 5. The quantitative estimate of drug-likeness (QED) is 0.184. The van der Waals surface area contributed by atoms with Crippen LogP contribution in [0.1, 0.15) is 128 Å². The van der Waals surface area contributed by atoms with E-state index in [9.17, 15) is 23.4 Å². The number of aliphatic hydroxyl groups is 1. The van der Waals surface area contributed by atoms with E-state index in [2.05, 4.69) is 59.5 Å². The van der Waals surface area contributed by atoms with Crippen molar-refractivity contribution < 1.29 is 23.4 Å². The van der Waals surface area contributed by atoms with Crippen LogP contribution in [0.3, 0.4) is 0 Å². The lowest BCUT2D eigenvalue weighted by molar-refractivity contribution is -0.225. The summed E-state index contributed by atoms with van der Waals surface area (Å²) in [6, 6.07) is 7.52. The lowest BCUT2D eigenvalue weighted by atomic mass is 9.32. The molecule has 6 aliphatic rings. The number of fused-ring (bicyclic) bond motifs is 7. The summed E-state index contributed by atoms with van der Waals surface area (Å²) in [6.07, 6.45) is 13.8. The second kappa shape index (κ2) is 12.8. The lowest BCUT2D eigenvalue weighted by Crippen LogP contribution is -2.66. The van der Waals surface area contributed by atoms with Crippen molar-refractivity contribution in [1.82, 2.24) is 9.62 Å². The Balaban J connectivity index is 1.15. The fraction of sp³-hybridized carbons (Fsp3) is 0.744. The number of carboxylic acid groups (broad SMARTS) is 1. The van der Waals surface area contributed by atoms with Crippen molar-refractivity contribution >= 4 is 21.6 Å². The minimum Gasteiger partial charge on any atom is -0.478 e. The maximum atomic E-state index is 12.7. The van der Waals surface area contributed by atoms with Gasteiger partial charge in [-0.05, 0) is 157 Å². The number of carbonyl (C=O) groups is 1. The Labute approximate surface area is 307 Å². The predicted octanol–water partition coefficient (Wildman–Crippen LogP) is 8.37. The van der Waals surface area contributed by atoms with Gasteiger partial charge in [0, 0.05) is 13.1 Å². The van der Waals surface area contributed by atoms with Crippen LogP contribution >= 0.6 is 0 Å². The Morgan fingerprint density at radius 2 is 1.69 bits per heavy atom. The molecule has 1 saturated heterocycles. The second-order valence-corrected chi connectivity index (χ2v) is 21.3. The summed E-state index contributed by atoms with van der Waals surface area (Å²) in [7, 11) is -3.29. The number of aliphatic hydroxyl groups excluding tert-OH is 1. The van der Waals surface area contributed by atoms with Crippen molar-refractivity contribution in [3.8, 4) is 0 Å². The second-order valence-electron chi connectivity index (χ2n) is 19.3. The van der Waals surface area contributed by atoms with E-state index in [1.807, 2.05) is 12.1 Å². The molecule has 5 fully saturated rings. The molecule has 8 heteroatoms. The summed E-state index contributed by atoms with van der Waals surface area (Å²) in [5.74, 6) is 2.06. The zero-order valence-electron chi connectivity index (χ0n) is 32.1. The van der Waals surface area contributed by atoms with Crippen molar-refractivity contribution in [3.63, 3.8) is 0 Å². The molecule has 282 valence electrons. The number of β-amino-alcohol motifs (C(OH)–C–C–N with tert-alkyl or cyclic N) is 1. The summed E-state index contributed by atoms with van der Waals surface area (Å²) in [6.45, 7) is 21.0.